The first kappa shape index (κ1) is 6.37. The summed E-state index contributed by atoms with van der Waals surface area (Å²) in [6.07, 6.45) is 4.41. The first-order valence-corrected chi connectivity index (χ1v) is 3.36. The van der Waals surface area contributed by atoms with Crippen LogP contribution in [0.4, 0.5) is 0 Å². The SMILES string of the molecule is OC1C[CH]CC(Cl)C1. The molecule has 0 aromatic carbocycles. The number of aliphatic hydroxyl groups is 1. The van der Waals surface area contributed by atoms with Crippen molar-refractivity contribution < 1.29 is 5.11 Å². The van der Waals surface area contributed by atoms with E-state index in [4.69, 9.17) is 16.7 Å². The first-order valence-electron chi connectivity index (χ1n) is 2.93. The summed E-state index contributed by atoms with van der Waals surface area (Å²) < 4.78 is 0. The van der Waals surface area contributed by atoms with E-state index in [1.54, 1.807) is 0 Å². The molecule has 47 valence electrons. The Morgan fingerprint density at radius 2 is 2.25 bits per heavy atom. The molecule has 1 aliphatic carbocycles. The molecule has 2 heteroatoms. The van der Waals surface area contributed by atoms with Crippen LogP contribution in [0.25, 0.3) is 0 Å². The van der Waals surface area contributed by atoms with Gasteiger partial charge in [-0.25, -0.2) is 0 Å². The summed E-state index contributed by atoms with van der Waals surface area (Å²) in [4.78, 5) is 0. The lowest BCUT2D eigenvalue weighted by molar-refractivity contribution is 0.149. The fourth-order valence-corrected chi connectivity index (χ4v) is 1.29. The Morgan fingerprint density at radius 3 is 2.62 bits per heavy atom. The maximum atomic E-state index is 8.96. The van der Waals surface area contributed by atoms with Crippen LogP contribution in [0.1, 0.15) is 19.3 Å². The molecule has 2 unspecified atom stereocenters. The molecule has 1 fully saturated rings. The lowest BCUT2D eigenvalue weighted by Crippen LogP contribution is -2.19. The maximum absolute atomic E-state index is 8.96. The maximum Gasteiger partial charge on any atom is 0.0557 e. The fourth-order valence-electron chi connectivity index (χ4n) is 0.957. The number of hydrogen-bond acceptors (Lipinski definition) is 1. The molecule has 8 heavy (non-hydrogen) atoms. The van der Waals surface area contributed by atoms with Gasteiger partial charge >= 0.3 is 0 Å². The number of hydrogen-bond donors (Lipinski definition) is 1. The van der Waals surface area contributed by atoms with Gasteiger partial charge in [-0.05, 0) is 25.7 Å². The van der Waals surface area contributed by atoms with E-state index in [2.05, 4.69) is 0 Å². The van der Waals surface area contributed by atoms with Gasteiger partial charge in [-0.2, -0.15) is 0 Å². The predicted molar refractivity (Wildman–Crippen MR) is 33.8 cm³/mol. The predicted octanol–water partition coefficient (Wildman–Crippen LogP) is 1.34. The van der Waals surface area contributed by atoms with Gasteiger partial charge in [0.05, 0.1) is 6.10 Å². The summed E-state index contributed by atoms with van der Waals surface area (Å²) >= 11 is 5.72. The second-order valence-electron chi connectivity index (χ2n) is 2.25. The van der Waals surface area contributed by atoms with Crippen LogP contribution in [-0.4, -0.2) is 16.6 Å². The third-order valence-electron chi connectivity index (χ3n) is 1.39. The van der Waals surface area contributed by atoms with Crippen molar-refractivity contribution in [3.63, 3.8) is 0 Å². The molecule has 1 radical (unpaired) electrons. The highest BCUT2D eigenvalue weighted by Crippen LogP contribution is 2.21. The Balaban J connectivity index is 2.23. The first-order chi connectivity index (χ1) is 3.79. The fraction of sp³-hybridized carbons (Fsp3) is 0.833. The average molecular weight is 134 g/mol. The van der Waals surface area contributed by atoms with Crippen molar-refractivity contribution in [1.82, 2.24) is 0 Å². The molecule has 0 saturated heterocycles. The summed E-state index contributed by atoms with van der Waals surface area (Å²) in [7, 11) is 0. The van der Waals surface area contributed by atoms with E-state index in [0.29, 0.717) is 0 Å². The number of rotatable bonds is 0. The highest BCUT2D eigenvalue weighted by Gasteiger charge is 2.17. The number of aliphatic hydroxyl groups excluding tert-OH is 1. The van der Waals surface area contributed by atoms with Gasteiger partial charge in [0, 0.05) is 5.38 Å². The molecule has 0 bridgehead atoms. The normalized spacial score (nSPS) is 39.8. The Kier molecular flexibility index (Phi) is 2.15. The quantitative estimate of drug-likeness (QED) is 0.495. The van der Waals surface area contributed by atoms with E-state index < -0.39 is 0 Å². The minimum atomic E-state index is -0.175. The smallest absolute Gasteiger partial charge is 0.0557 e. The third kappa shape index (κ3) is 1.64. The Morgan fingerprint density at radius 1 is 1.50 bits per heavy atom. The van der Waals surface area contributed by atoms with Gasteiger partial charge in [0.1, 0.15) is 0 Å². The van der Waals surface area contributed by atoms with Gasteiger partial charge in [-0.1, -0.05) is 0 Å². The van der Waals surface area contributed by atoms with Crippen molar-refractivity contribution in [2.75, 3.05) is 0 Å². The molecule has 0 amide bonds. The highest BCUT2D eigenvalue weighted by atomic mass is 35.5. The van der Waals surface area contributed by atoms with Gasteiger partial charge in [0.2, 0.25) is 0 Å². The molecule has 1 saturated carbocycles. The van der Waals surface area contributed by atoms with E-state index in [1.165, 1.54) is 0 Å². The zero-order valence-corrected chi connectivity index (χ0v) is 5.43. The van der Waals surface area contributed by atoms with Crippen molar-refractivity contribution in [3.8, 4) is 0 Å². The van der Waals surface area contributed by atoms with Crippen LogP contribution in [0.2, 0.25) is 0 Å². The van der Waals surface area contributed by atoms with E-state index in [0.717, 1.165) is 19.3 Å². The molecule has 1 aliphatic rings. The van der Waals surface area contributed by atoms with Crippen LogP contribution >= 0.6 is 11.6 Å². The highest BCUT2D eigenvalue weighted by molar-refractivity contribution is 6.20. The van der Waals surface area contributed by atoms with E-state index in [9.17, 15) is 0 Å². The zero-order valence-electron chi connectivity index (χ0n) is 4.68. The molecular weight excluding hydrogens is 124 g/mol. The zero-order chi connectivity index (χ0) is 5.98. The van der Waals surface area contributed by atoms with Gasteiger partial charge in [-0.15, -0.1) is 11.6 Å². The summed E-state index contributed by atoms with van der Waals surface area (Å²) in [6.45, 7) is 0. The average Bonchev–Trinajstić information content (AvgIpc) is 1.64. The van der Waals surface area contributed by atoms with Gasteiger partial charge in [-0.3, -0.25) is 0 Å². The second-order valence-corrected chi connectivity index (χ2v) is 2.86. The summed E-state index contributed by atoms with van der Waals surface area (Å²) in [6, 6.07) is 0. The largest absolute Gasteiger partial charge is 0.393 e. The van der Waals surface area contributed by atoms with Crippen LogP contribution in [0, 0.1) is 6.42 Å². The molecule has 0 aromatic heterocycles. The van der Waals surface area contributed by atoms with Crippen molar-refractivity contribution in [1.29, 1.82) is 0 Å². The number of halogens is 1. The van der Waals surface area contributed by atoms with E-state index in [-0.39, 0.29) is 11.5 Å². The minimum absolute atomic E-state index is 0.175. The Labute approximate surface area is 54.7 Å². The molecule has 0 aromatic rings. The van der Waals surface area contributed by atoms with Crippen molar-refractivity contribution in [3.05, 3.63) is 6.42 Å². The molecule has 2 atom stereocenters. The minimum Gasteiger partial charge on any atom is -0.393 e. The van der Waals surface area contributed by atoms with E-state index in [1.807, 2.05) is 6.42 Å². The molecule has 0 heterocycles. The van der Waals surface area contributed by atoms with Gasteiger partial charge < -0.3 is 5.11 Å². The van der Waals surface area contributed by atoms with Crippen LogP contribution in [-0.2, 0) is 0 Å². The van der Waals surface area contributed by atoms with Crippen molar-refractivity contribution in [2.24, 2.45) is 0 Å². The molecule has 0 spiro atoms. The monoisotopic (exact) mass is 133 g/mol. The lowest BCUT2D eigenvalue weighted by Gasteiger charge is -2.19. The Hall–Kier alpha value is 0.250. The van der Waals surface area contributed by atoms with Crippen LogP contribution in [0.5, 0.6) is 0 Å². The Bertz CT molecular complexity index is 66.9. The van der Waals surface area contributed by atoms with Crippen LogP contribution in [0.3, 0.4) is 0 Å². The van der Waals surface area contributed by atoms with Crippen molar-refractivity contribution in [2.45, 2.75) is 30.7 Å². The van der Waals surface area contributed by atoms with Gasteiger partial charge in [0.15, 0.2) is 0 Å². The molecule has 1 nitrogen and oxygen atoms in total. The molecule has 1 N–H and O–H groups in total. The van der Waals surface area contributed by atoms with Crippen molar-refractivity contribution >= 4 is 11.6 Å². The number of alkyl halides is 1. The van der Waals surface area contributed by atoms with E-state index >= 15 is 0 Å². The topological polar surface area (TPSA) is 20.2 Å². The molecular formula is C6H10ClO. The van der Waals surface area contributed by atoms with Gasteiger partial charge in [0.25, 0.3) is 0 Å². The molecule has 1 rings (SSSR count). The summed E-state index contributed by atoms with van der Waals surface area (Å²) in [5.41, 5.74) is 0. The third-order valence-corrected chi connectivity index (χ3v) is 1.75. The lowest BCUT2D eigenvalue weighted by atomic mass is 9.98. The standard InChI is InChI=1S/C6H10ClO/c7-5-2-1-3-6(8)4-5/h1,5-6,8H,2-4H2. The second kappa shape index (κ2) is 2.70. The molecule has 0 aliphatic heterocycles. The summed E-state index contributed by atoms with van der Waals surface area (Å²) in [5.74, 6) is 0. The van der Waals surface area contributed by atoms with Crippen LogP contribution in [0.15, 0.2) is 0 Å². The van der Waals surface area contributed by atoms with Crippen LogP contribution < -0.4 is 0 Å². The summed E-state index contributed by atoms with van der Waals surface area (Å²) in [5, 5.41) is 9.14.